The van der Waals surface area contributed by atoms with Crippen molar-refractivity contribution in [3.63, 3.8) is 0 Å². The molecule has 0 radical (unpaired) electrons. The van der Waals surface area contributed by atoms with Crippen molar-refractivity contribution in [1.29, 1.82) is 0 Å². The van der Waals surface area contributed by atoms with Gasteiger partial charge in [-0.3, -0.25) is 9.59 Å². The molecule has 1 rings (SSSR count). The molecule has 0 aromatic rings. The second kappa shape index (κ2) is 5.70. The second-order valence-corrected chi connectivity index (χ2v) is 4.59. The molecular weight excluding hydrogens is 238 g/mol. The van der Waals surface area contributed by atoms with Crippen LogP contribution >= 0.6 is 0 Å². The molecule has 1 aliphatic heterocycles. The van der Waals surface area contributed by atoms with E-state index in [9.17, 15) is 14.4 Å². The van der Waals surface area contributed by atoms with Crippen LogP contribution < -0.4 is 5.73 Å². The lowest BCUT2D eigenvalue weighted by molar-refractivity contribution is -0.142. The largest absolute Gasteiger partial charge is 0.481 e. The Morgan fingerprint density at radius 1 is 1.39 bits per heavy atom. The van der Waals surface area contributed by atoms with Crippen LogP contribution in [-0.4, -0.2) is 59.0 Å². The van der Waals surface area contributed by atoms with E-state index >= 15 is 0 Å². The third-order valence-electron chi connectivity index (χ3n) is 3.20. The second-order valence-electron chi connectivity index (χ2n) is 4.59. The van der Waals surface area contributed by atoms with Gasteiger partial charge in [0.1, 0.15) is 6.54 Å². The Balaban J connectivity index is 2.68. The van der Waals surface area contributed by atoms with E-state index in [0.29, 0.717) is 13.1 Å². The molecule has 18 heavy (non-hydrogen) atoms. The van der Waals surface area contributed by atoms with Gasteiger partial charge in [-0.25, -0.2) is 4.79 Å². The number of carbonyl (C=O) groups is 3. The minimum Gasteiger partial charge on any atom is -0.481 e. The highest BCUT2D eigenvalue weighted by Crippen LogP contribution is 2.24. The average molecular weight is 257 g/mol. The number of hydrogen-bond donors (Lipinski definition) is 2. The summed E-state index contributed by atoms with van der Waals surface area (Å²) in [5.74, 6) is -2.09. The summed E-state index contributed by atoms with van der Waals surface area (Å²) in [5.41, 5.74) is 5.06. The lowest BCUT2D eigenvalue weighted by Gasteiger charge is -2.25. The van der Waals surface area contributed by atoms with Gasteiger partial charge in [0.25, 0.3) is 0 Å². The number of urea groups is 1. The van der Waals surface area contributed by atoms with Crippen molar-refractivity contribution in [2.75, 3.05) is 26.2 Å². The first-order chi connectivity index (χ1) is 8.36. The number of likely N-dealkylation sites (tertiary alicyclic amines) is 1. The molecular formula is C11H19N3O4. The number of amides is 3. The van der Waals surface area contributed by atoms with E-state index in [-0.39, 0.29) is 25.0 Å². The summed E-state index contributed by atoms with van der Waals surface area (Å²) in [6.45, 7) is 4.35. The molecule has 7 nitrogen and oxygen atoms in total. The van der Waals surface area contributed by atoms with Crippen molar-refractivity contribution >= 4 is 17.9 Å². The first-order valence-electron chi connectivity index (χ1n) is 5.91. The van der Waals surface area contributed by atoms with Crippen LogP contribution in [0.15, 0.2) is 0 Å². The number of likely N-dealkylation sites (N-methyl/N-ethyl adjacent to an activating group) is 1. The molecule has 1 saturated heterocycles. The van der Waals surface area contributed by atoms with Crippen LogP contribution in [0.3, 0.4) is 0 Å². The van der Waals surface area contributed by atoms with Crippen LogP contribution in [0.2, 0.25) is 0 Å². The predicted molar refractivity (Wildman–Crippen MR) is 63.7 cm³/mol. The van der Waals surface area contributed by atoms with Gasteiger partial charge in [-0.2, -0.15) is 0 Å². The number of primary amides is 1. The molecule has 0 aromatic carbocycles. The number of carboxylic acid groups (broad SMARTS) is 1. The minimum atomic E-state index is -0.893. The molecule has 0 aromatic heterocycles. The molecule has 2 unspecified atom stereocenters. The Kier molecular flexibility index (Phi) is 4.52. The smallest absolute Gasteiger partial charge is 0.320 e. The number of carbonyl (C=O) groups excluding carboxylic acids is 2. The molecule has 0 saturated carbocycles. The zero-order chi connectivity index (χ0) is 13.9. The van der Waals surface area contributed by atoms with Crippen molar-refractivity contribution in [2.24, 2.45) is 17.6 Å². The van der Waals surface area contributed by atoms with Crippen LogP contribution in [0.4, 0.5) is 4.79 Å². The molecule has 1 aliphatic rings. The molecule has 0 bridgehead atoms. The van der Waals surface area contributed by atoms with Crippen molar-refractivity contribution in [2.45, 2.75) is 13.8 Å². The topological polar surface area (TPSA) is 104 Å². The molecule has 102 valence electrons. The number of aliphatic carboxylic acids is 1. The Labute approximate surface area is 106 Å². The SMILES string of the molecule is CCN(CC(N)=O)C(=O)N1CC(C)C(C(=O)O)C1. The highest BCUT2D eigenvalue weighted by molar-refractivity contribution is 5.83. The Morgan fingerprint density at radius 2 is 2.00 bits per heavy atom. The predicted octanol–water partition coefficient (Wildman–Crippen LogP) is -0.434. The molecule has 3 N–H and O–H groups in total. The first kappa shape index (κ1) is 14.3. The Morgan fingerprint density at radius 3 is 2.39 bits per heavy atom. The number of carboxylic acids is 1. The Bertz CT molecular complexity index is 358. The summed E-state index contributed by atoms with van der Waals surface area (Å²) < 4.78 is 0. The molecule has 3 amide bonds. The molecule has 1 heterocycles. The maximum absolute atomic E-state index is 12.1. The molecule has 0 spiro atoms. The fourth-order valence-electron chi connectivity index (χ4n) is 2.15. The van der Waals surface area contributed by atoms with E-state index < -0.39 is 17.8 Å². The van der Waals surface area contributed by atoms with Gasteiger partial charge in [0.2, 0.25) is 5.91 Å². The summed E-state index contributed by atoms with van der Waals surface area (Å²) >= 11 is 0. The first-order valence-corrected chi connectivity index (χ1v) is 5.91. The fourth-order valence-corrected chi connectivity index (χ4v) is 2.15. The monoisotopic (exact) mass is 257 g/mol. The maximum Gasteiger partial charge on any atom is 0.320 e. The van der Waals surface area contributed by atoms with Gasteiger partial charge >= 0.3 is 12.0 Å². The molecule has 7 heteroatoms. The number of nitrogens with two attached hydrogens (primary N) is 1. The minimum absolute atomic E-state index is 0.0845. The van der Waals surface area contributed by atoms with Crippen LogP contribution in [0, 0.1) is 11.8 Å². The van der Waals surface area contributed by atoms with Gasteiger partial charge in [-0.15, -0.1) is 0 Å². The quantitative estimate of drug-likeness (QED) is 0.712. The van der Waals surface area contributed by atoms with Crippen molar-refractivity contribution in [1.82, 2.24) is 9.80 Å². The van der Waals surface area contributed by atoms with Gasteiger partial charge in [-0.1, -0.05) is 6.92 Å². The van der Waals surface area contributed by atoms with E-state index in [1.807, 2.05) is 0 Å². The Hall–Kier alpha value is -1.79. The summed E-state index contributed by atoms with van der Waals surface area (Å²) in [7, 11) is 0. The highest BCUT2D eigenvalue weighted by Gasteiger charge is 2.38. The number of rotatable bonds is 4. The maximum atomic E-state index is 12.1. The summed E-state index contributed by atoms with van der Waals surface area (Å²) in [6, 6.07) is -0.327. The average Bonchev–Trinajstić information content (AvgIpc) is 2.67. The van der Waals surface area contributed by atoms with Gasteiger partial charge in [0, 0.05) is 19.6 Å². The fraction of sp³-hybridized carbons (Fsp3) is 0.727. The van der Waals surface area contributed by atoms with Crippen LogP contribution in [0.25, 0.3) is 0 Å². The van der Waals surface area contributed by atoms with Crippen molar-refractivity contribution in [3.8, 4) is 0 Å². The third-order valence-corrected chi connectivity index (χ3v) is 3.20. The molecule has 1 fully saturated rings. The van der Waals surface area contributed by atoms with Crippen molar-refractivity contribution in [3.05, 3.63) is 0 Å². The highest BCUT2D eigenvalue weighted by atomic mass is 16.4. The summed E-state index contributed by atoms with van der Waals surface area (Å²) in [6.07, 6.45) is 0. The number of hydrogen-bond acceptors (Lipinski definition) is 3. The van der Waals surface area contributed by atoms with Crippen LogP contribution in [-0.2, 0) is 9.59 Å². The van der Waals surface area contributed by atoms with E-state index in [4.69, 9.17) is 10.8 Å². The van der Waals surface area contributed by atoms with Crippen LogP contribution in [0.5, 0.6) is 0 Å². The zero-order valence-corrected chi connectivity index (χ0v) is 10.6. The zero-order valence-electron chi connectivity index (χ0n) is 10.6. The summed E-state index contributed by atoms with van der Waals surface area (Å²) in [5, 5.41) is 9.00. The van der Waals surface area contributed by atoms with Gasteiger partial charge in [0.05, 0.1) is 5.92 Å². The lowest BCUT2D eigenvalue weighted by atomic mass is 9.99. The normalized spacial score (nSPS) is 22.9. The van der Waals surface area contributed by atoms with E-state index in [2.05, 4.69) is 0 Å². The lowest BCUT2D eigenvalue weighted by Crippen LogP contribution is -2.45. The summed E-state index contributed by atoms with van der Waals surface area (Å²) in [4.78, 5) is 36.7. The van der Waals surface area contributed by atoms with Gasteiger partial charge in [0.15, 0.2) is 0 Å². The van der Waals surface area contributed by atoms with Gasteiger partial charge < -0.3 is 20.6 Å². The molecule has 2 atom stereocenters. The van der Waals surface area contributed by atoms with Gasteiger partial charge in [-0.05, 0) is 12.8 Å². The van der Waals surface area contributed by atoms with E-state index in [1.165, 1.54) is 9.80 Å². The van der Waals surface area contributed by atoms with Crippen LogP contribution in [0.1, 0.15) is 13.8 Å². The van der Waals surface area contributed by atoms with E-state index in [1.54, 1.807) is 13.8 Å². The standard InChI is InChI=1S/C11H19N3O4/c1-3-13(6-9(12)15)11(18)14-4-7(2)8(5-14)10(16)17/h7-8H,3-6H2,1-2H3,(H2,12,15)(H,16,17). The van der Waals surface area contributed by atoms with Crippen molar-refractivity contribution < 1.29 is 19.5 Å². The van der Waals surface area contributed by atoms with E-state index in [0.717, 1.165) is 0 Å². The third kappa shape index (κ3) is 3.12. The number of nitrogens with zero attached hydrogens (tertiary/aromatic N) is 2. The molecule has 0 aliphatic carbocycles.